The molecule has 0 N–H and O–H groups in total. The minimum Gasteiger partial charge on any atom is -0.454 e. The van der Waals surface area contributed by atoms with Crippen LogP contribution in [0.3, 0.4) is 0 Å². The fourth-order valence-electron chi connectivity index (χ4n) is 3.31. The second kappa shape index (κ2) is 9.47. The number of fused-ring (bicyclic) bond motifs is 1. The second-order valence-corrected chi connectivity index (χ2v) is 7.61. The van der Waals surface area contributed by atoms with Crippen LogP contribution in [0.4, 0.5) is 0 Å². The lowest BCUT2D eigenvalue weighted by atomic mass is 9.99. The maximum atomic E-state index is 12.0. The van der Waals surface area contributed by atoms with Crippen molar-refractivity contribution >= 4 is 17.9 Å². The number of hydrogen-bond donors (Lipinski definition) is 0. The van der Waals surface area contributed by atoms with Crippen LogP contribution in [0.25, 0.3) is 11.1 Å². The summed E-state index contributed by atoms with van der Waals surface area (Å²) in [5.41, 5.74) is 4.01. The van der Waals surface area contributed by atoms with E-state index in [2.05, 4.69) is 19.7 Å². The fraction of sp³-hybridized carbons (Fsp3) is 0.192. The average Bonchev–Trinajstić information content (AvgIpc) is 3.15. The molecule has 0 amide bonds. The molecule has 6 heteroatoms. The van der Waals surface area contributed by atoms with Crippen molar-refractivity contribution < 1.29 is 28.6 Å². The molecule has 0 bridgehead atoms. The van der Waals surface area contributed by atoms with Crippen LogP contribution in [0.15, 0.2) is 73.4 Å². The molecule has 1 aliphatic rings. The minimum atomic E-state index is -0.583. The molecule has 2 aromatic rings. The molecule has 1 atom stereocenters. The Labute approximate surface area is 186 Å². The molecule has 32 heavy (non-hydrogen) atoms. The number of carbonyl (C=O) groups excluding carboxylic acids is 3. The van der Waals surface area contributed by atoms with Gasteiger partial charge in [-0.3, -0.25) is 0 Å². The van der Waals surface area contributed by atoms with Gasteiger partial charge in [0.25, 0.3) is 0 Å². The van der Waals surface area contributed by atoms with E-state index in [0.29, 0.717) is 12.0 Å². The summed E-state index contributed by atoms with van der Waals surface area (Å²) in [4.78, 5) is 35.6. The van der Waals surface area contributed by atoms with Crippen LogP contribution in [0, 0.1) is 0 Å². The molecule has 164 valence electrons. The Morgan fingerprint density at radius 3 is 2.03 bits per heavy atom. The lowest BCUT2D eigenvalue weighted by Gasteiger charge is -2.14. The second-order valence-electron chi connectivity index (χ2n) is 7.61. The van der Waals surface area contributed by atoms with Crippen molar-refractivity contribution in [3.63, 3.8) is 0 Å². The van der Waals surface area contributed by atoms with Crippen LogP contribution < -0.4 is 9.47 Å². The minimum absolute atomic E-state index is 0.221. The maximum Gasteiger partial charge on any atom is 0.338 e. The van der Waals surface area contributed by atoms with Gasteiger partial charge in [-0.15, -0.1) is 0 Å². The Morgan fingerprint density at radius 2 is 1.50 bits per heavy atom. The molecule has 0 saturated heterocycles. The van der Waals surface area contributed by atoms with Crippen molar-refractivity contribution in [2.75, 3.05) is 0 Å². The number of benzene rings is 2. The van der Waals surface area contributed by atoms with Crippen LogP contribution >= 0.6 is 0 Å². The zero-order chi connectivity index (χ0) is 23.4. The molecule has 1 aliphatic carbocycles. The third-order valence-corrected chi connectivity index (χ3v) is 4.92. The standard InChI is InChI=1S/C26H24O6/c1-6-24(27)32-23-10-8-18-11-17(7-9-22(18)23)19-12-20(30-25(28)15(2)3)14-21(13-19)31-26(29)16(4)5/h6-7,9,11-14,23H,1-2,4,8,10H2,3,5H3. The molecule has 0 radical (unpaired) electrons. The Kier molecular flexibility index (Phi) is 6.73. The van der Waals surface area contributed by atoms with Crippen LogP contribution in [-0.2, 0) is 25.5 Å². The summed E-state index contributed by atoms with van der Waals surface area (Å²) in [7, 11) is 0. The summed E-state index contributed by atoms with van der Waals surface area (Å²) in [6.07, 6.45) is 2.29. The van der Waals surface area contributed by atoms with Crippen molar-refractivity contribution in [2.45, 2.75) is 32.8 Å². The van der Waals surface area contributed by atoms with Gasteiger partial charge in [-0.1, -0.05) is 37.9 Å². The van der Waals surface area contributed by atoms with Gasteiger partial charge in [0, 0.05) is 23.3 Å². The van der Waals surface area contributed by atoms with Crippen molar-refractivity contribution in [3.8, 4) is 22.6 Å². The molecular formula is C26H24O6. The van der Waals surface area contributed by atoms with Crippen LogP contribution in [0.2, 0.25) is 0 Å². The quantitative estimate of drug-likeness (QED) is 0.347. The SMILES string of the molecule is C=CC(=O)OC1CCc2cc(-c3cc(OC(=O)C(=C)C)cc(OC(=O)C(=C)C)c3)ccc21. The lowest BCUT2D eigenvalue weighted by molar-refractivity contribution is -0.143. The summed E-state index contributed by atoms with van der Waals surface area (Å²) in [6.45, 7) is 13.7. The third kappa shape index (κ3) is 5.21. The highest BCUT2D eigenvalue weighted by Crippen LogP contribution is 2.38. The Balaban J connectivity index is 1.97. The van der Waals surface area contributed by atoms with Gasteiger partial charge >= 0.3 is 17.9 Å². The largest absolute Gasteiger partial charge is 0.454 e. The van der Waals surface area contributed by atoms with Gasteiger partial charge in [-0.05, 0) is 61.1 Å². The van der Waals surface area contributed by atoms with E-state index in [9.17, 15) is 14.4 Å². The van der Waals surface area contributed by atoms with E-state index >= 15 is 0 Å². The van der Waals surface area contributed by atoms with Gasteiger partial charge in [0.1, 0.15) is 17.6 Å². The highest BCUT2D eigenvalue weighted by molar-refractivity contribution is 5.90. The number of carbonyl (C=O) groups is 3. The zero-order valence-electron chi connectivity index (χ0n) is 18.1. The Hall–Kier alpha value is -3.93. The first-order valence-electron chi connectivity index (χ1n) is 10.0. The first kappa shape index (κ1) is 22.7. The van der Waals surface area contributed by atoms with Crippen LogP contribution in [0.5, 0.6) is 11.5 Å². The predicted octanol–water partition coefficient (Wildman–Crippen LogP) is 5.03. The van der Waals surface area contributed by atoms with E-state index in [1.54, 1.807) is 26.0 Å². The number of aryl methyl sites for hydroxylation is 1. The van der Waals surface area contributed by atoms with Gasteiger partial charge in [-0.2, -0.15) is 0 Å². The molecule has 0 heterocycles. The molecule has 3 rings (SSSR count). The van der Waals surface area contributed by atoms with Crippen LogP contribution in [0.1, 0.15) is 37.5 Å². The normalized spacial score (nSPS) is 14.1. The monoisotopic (exact) mass is 432 g/mol. The summed E-state index contributed by atoms with van der Waals surface area (Å²) in [5.74, 6) is -1.18. The van der Waals surface area contributed by atoms with E-state index in [0.717, 1.165) is 29.2 Å². The Bertz CT molecular complexity index is 1090. The topological polar surface area (TPSA) is 78.9 Å². The molecule has 6 nitrogen and oxygen atoms in total. The van der Waals surface area contributed by atoms with Crippen molar-refractivity contribution in [1.82, 2.24) is 0 Å². The average molecular weight is 432 g/mol. The molecule has 0 fully saturated rings. The van der Waals surface area contributed by atoms with E-state index < -0.39 is 17.9 Å². The van der Waals surface area contributed by atoms with Crippen molar-refractivity contribution in [3.05, 3.63) is 84.5 Å². The number of esters is 3. The number of ether oxygens (including phenoxy) is 3. The fourth-order valence-corrected chi connectivity index (χ4v) is 3.31. The smallest absolute Gasteiger partial charge is 0.338 e. The summed E-state index contributed by atoms with van der Waals surface area (Å²) in [6, 6.07) is 10.6. The van der Waals surface area contributed by atoms with E-state index in [-0.39, 0.29) is 28.7 Å². The van der Waals surface area contributed by atoms with E-state index in [1.165, 1.54) is 6.07 Å². The molecule has 0 saturated carbocycles. The number of hydrogen-bond acceptors (Lipinski definition) is 6. The summed E-state index contributed by atoms with van der Waals surface area (Å²) in [5, 5.41) is 0. The molecule has 0 aromatic heterocycles. The van der Waals surface area contributed by atoms with E-state index in [4.69, 9.17) is 14.2 Å². The molecular weight excluding hydrogens is 408 g/mol. The molecule has 0 spiro atoms. The van der Waals surface area contributed by atoms with Gasteiger partial charge in [0.15, 0.2) is 0 Å². The molecule has 1 unspecified atom stereocenters. The predicted molar refractivity (Wildman–Crippen MR) is 120 cm³/mol. The molecule has 2 aromatic carbocycles. The van der Waals surface area contributed by atoms with Crippen LogP contribution in [-0.4, -0.2) is 17.9 Å². The zero-order valence-corrected chi connectivity index (χ0v) is 18.1. The Morgan fingerprint density at radius 1 is 0.906 bits per heavy atom. The highest BCUT2D eigenvalue weighted by atomic mass is 16.5. The third-order valence-electron chi connectivity index (χ3n) is 4.92. The van der Waals surface area contributed by atoms with Gasteiger partial charge < -0.3 is 14.2 Å². The highest BCUT2D eigenvalue weighted by Gasteiger charge is 2.25. The van der Waals surface area contributed by atoms with E-state index in [1.807, 2.05) is 18.2 Å². The summed E-state index contributed by atoms with van der Waals surface area (Å²) < 4.78 is 16.1. The first-order valence-corrected chi connectivity index (χ1v) is 10.0. The maximum absolute atomic E-state index is 12.0. The van der Waals surface area contributed by atoms with Gasteiger partial charge in [-0.25, -0.2) is 14.4 Å². The van der Waals surface area contributed by atoms with Crippen molar-refractivity contribution in [2.24, 2.45) is 0 Å². The number of rotatable bonds is 7. The molecule has 0 aliphatic heterocycles. The van der Waals surface area contributed by atoms with Gasteiger partial charge in [0.05, 0.1) is 0 Å². The first-order chi connectivity index (χ1) is 15.2. The van der Waals surface area contributed by atoms with Crippen molar-refractivity contribution in [1.29, 1.82) is 0 Å². The van der Waals surface area contributed by atoms with Gasteiger partial charge in [0.2, 0.25) is 0 Å². The summed E-state index contributed by atoms with van der Waals surface area (Å²) >= 11 is 0. The lowest BCUT2D eigenvalue weighted by Crippen LogP contribution is -2.10.